The van der Waals surface area contributed by atoms with Crippen molar-refractivity contribution >= 4 is 46.4 Å². The summed E-state index contributed by atoms with van der Waals surface area (Å²) < 4.78 is 0. The number of nitrogens with one attached hydrogen (secondary N) is 1. The molecule has 1 aromatic heterocycles. The van der Waals surface area contributed by atoms with E-state index in [0.717, 1.165) is 38.3 Å². The summed E-state index contributed by atoms with van der Waals surface area (Å²) in [5.41, 5.74) is 1.60. The van der Waals surface area contributed by atoms with Crippen molar-refractivity contribution in [2.75, 3.05) is 38.0 Å². The summed E-state index contributed by atoms with van der Waals surface area (Å²) in [4.78, 5) is 20.6. The molecule has 0 bridgehead atoms. The third-order valence-electron chi connectivity index (χ3n) is 4.27. The maximum absolute atomic E-state index is 12.2. The van der Waals surface area contributed by atoms with Gasteiger partial charge < -0.3 is 5.32 Å². The van der Waals surface area contributed by atoms with E-state index < -0.39 is 0 Å². The topological polar surface area (TPSA) is 48.5 Å². The number of rotatable bonds is 5. The molecule has 0 unspecified atom stereocenters. The van der Waals surface area contributed by atoms with Gasteiger partial charge >= 0.3 is 0 Å². The predicted octanol–water partition coefficient (Wildman–Crippen LogP) is 3.80. The molecule has 0 spiro atoms. The van der Waals surface area contributed by atoms with Crippen molar-refractivity contribution < 1.29 is 4.79 Å². The normalized spacial score (nSPS) is 15.8. The largest absolute Gasteiger partial charge is 0.322 e. The maximum atomic E-state index is 12.2. The van der Waals surface area contributed by atoms with Gasteiger partial charge in [0.15, 0.2) is 5.15 Å². The summed E-state index contributed by atoms with van der Waals surface area (Å²) in [5, 5.41) is 4.43. The van der Waals surface area contributed by atoms with E-state index in [1.807, 2.05) is 12.1 Å². The Labute approximate surface area is 167 Å². The molecular formula is C18H19Cl3N4O. The van der Waals surface area contributed by atoms with E-state index in [-0.39, 0.29) is 5.91 Å². The van der Waals surface area contributed by atoms with Crippen molar-refractivity contribution in [2.24, 2.45) is 0 Å². The van der Waals surface area contributed by atoms with Gasteiger partial charge in [-0.3, -0.25) is 14.6 Å². The fourth-order valence-electron chi connectivity index (χ4n) is 2.87. The minimum absolute atomic E-state index is 0.0888. The van der Waals surface area contributed by atoms with Crippen LogP contribution in [0, 0.1) is 0 Å². The SMILES string of the molecule is O=C(CN1CCN(Cc2ccc(Cl)cc2Cl)CC1)Nc1cccnc1Cl. The van der Waals surface area contributed by atoms with Crippen LogP contribution in [0.15, 0.2) is 36.5 Å². The minimum atomic E-state index is -0.0888. The van der Waals surface area contributed by atoms with Gasteiger partial charge in [-0.15, -0.1) is 0 Å². The smallest absolute Gasteiger partial charge is 0.238 e. The van der Waals surface area contributed by atoms with Crippen molar-refractivity contribution in [1.82, 2.24) is 14.8 Å². The number of hydrogen-bond donors (Lipinski definition) is 1. The predicted molar refractivity (Wildman–Crippen MR) is 106 cm³/mol. The Bertz CT molecular complexity index is 779. The van der Waals surface area contributed by atoms with Crippen LogP contribution in [-0.4, -0.2) is 53.4 Å². The first kappa shape index (κ1) is 19.4. The average molecular weight is 414 g/mol. The highest BCUT2D eigenvalue weighted by Gasteiger charge is 2.20. The molecule has 2 heterocycles. The van der Waals surface area contributed by atoms with Crippen LogP contribution >= 0.6 is 34.8 Å². The summed E-state index contributed by atoms with van der Waals surface area (Å²) in [5.74, 6) is -0.0888. The molecule has 1 aromatic carbocycles. The number of amides is 1. The van der Waals surface area contributed by atoms with Crippen LogP contribution in [0.25, 0.3) is 0 Å². The van der Waals surface area contributed by atoms with Gasteiger partial charge in [0.2, 0.25) is 5.91 Å². The van der Waals surface area contributed by atoms with Crippen LogP contribution in [0.4, 0.5) is 5.69 Å². The zero-order chi connectivity index (χ0) is 18.5. The molecule has 0 saturated carbocycles. The second kappa shape index (κ2) is 9.02. The Balaban J connectivity index is 1.46. The Morgan fingerprint density at radius 3 is 2.50 bits per heavy atom. The number of benzene rings is 1. The fourth-order valence-corrected chi connectivity index (χ4v) is 3.50. The number of carbonyl (C=O) groups excluding carboxylic acids is 1. The lowest BCUT2D eigenvalue weighted by Gasteiger charge is -2.34. The van der Waals surface area contributed by atoms with Crippen molar-refractivity contribution in [3.63, 3.8) is 0 Å². The van der Waals surface area contributed by atoms with E-state index >= 15 is 0 Å². The van der Waals surface area contributed by atoms with Crippen molar-refractivity contribution in [3.8, 4) is 0 Å². The summed E-state index contributed by atoms with van der Waals surface area (Å²) in [7, 11) is 0. The van der Waals surface area contributed by atoms with Gasteiger partial charge in [0.25, 0.3) is 0 Å². The van der Waals surface area contributed by atoms with Crippen LogP contribution in [0.5, 0.6) is 0 Å². The quantitative estimate of drug-likeness (QED) is 0.758. The molecular weight excluding hydrogens is 395 g/mol. The Morgan fingerprint density at radius 1 is 1.08 bits per heavy atom. The van der Waals surface area contributed by atoms with E-state index in [4.69, 9.17) is 34.8 Å². The number of carbonyl (C=O) groups is 1. The van der Waals surface area contributed by atoms with Gasteiger partial charge in [0.05, 0.1) is 12.2 Å². The number of anilines is 1. The molecule has 2 aromatic rings. The highest BCUT2D eigenvalue weighted by molar-refractivity contribution is 6.35. The molecule has 1 saturated heterocycles. The van der Waals surface area contributed by atoms with Crippen LogP contribution in [0.3, 0.4) is 0 Å². The molecule has 1 aliphatic heterocycles. The molecule has 138 valence electrons. The van der Waals surface area contributed by atoms with Gasteiger partial charge in [-0.2, -0.15) is 0 Å². The third-order valence-corrected chi connectivity index (χ3v) is 5.16. The first-order valence-electron chi connectivity index (χ1n) is 8.30. The Hall–Kier alpha value is -1.37. The monoisotopic (exact) mass is 412 g/mol. The van der Waals surface area contributed by atoms with Gasteiger partial charge in [-0.25, -0.2) is 4.98 Å². The van der Waals surface area contributed by atoms with Crippen molar-refractivity contribution in [2.45, 2.75) is 6.54 Å². The lowest BCUT2D eigenvalue weighted by molar-refractivity contribution is -0.117. The third kappa shape index (κ3) is 5.32. The van der Waals surface area contributed by atoms with E-state index in [2.05, 4.69) is 20.1 Å². The Morgan fingerprint density at radius 2 is 1.81 bits per heavy atom. The standard InChI is InChI=1S/C18H19Cl3N4O/c19-14-4-3-13(15(20)10-14)11-24-6-8-25(9-7-24)12-17(26)23-16-2-1-5-22-18(16)21/h1-5,10H,6-9,11-12H2,(H,23,26). The summed E-state index contributed by atoms with van der Waals surface area (Å²) in [6.07, 6.45) is 1.59. The van der Waals surface area contributed by atoms with Crippen LogP contribution in [-0.2, 0) is 11.3 Å². The minimum Gasteiger partial charge on any atom is -0.322 e. The first-order chi connectivity index (χ1) is 12.5. The fraction of sp³-hybridized carbons (Fsp3) is 0.333. The molecule has 1 aliphatic rings. The number of aromatic nitrogens is 1. The maximum Gasteiger partial charge on any atom is 0.238 e. The average Bonchev–Trinajstić information content (AvgIpc) is 2.61. The van der Waals surface area contributed by atoms with E-state index in [1.54, 1.807) is 24.4 Å². The van der Waals surface area contributed by atoms with E-state index in [1.165, 1.54) is 0 Å². The highest BCUT2D eigenvalue weighted by atomic mass is 35.5. The lowest BCUT2D eigenvalue weighted by atomic mass is 10.2. The molecule has 1 amide bonds. The molecule has 0 atom stereocenters. The van der Waals surface area contributed by atoms with Crippen LogP contribution < -0.4 is 5.32 Å². The van der Waals surface area contributed by atoms with Crippen molar-refractivity contribution in [3.05, 3.63) is 57.3 Å². The number of piperazine rings is 1. The molecule has 1 fully saturated rings. The van der Waals surface area contributed by atoms with Gasteiger partial charge in [0, 0.05) is 49.0 Å². The molecule has 1 N–H and O–H groups in total. The number of hydrogen-bond acceptors (Lipinski definition) is 4. The van der Waals surface area contributed by atoms with Crippen molar-refractivity contribution in [1.29, 1.82) is 0 Å². The second-order valence-corrected chi connectivity index (χ2v) is 7.38. The van der Waals surface area contributed by atoms with Gasteiger partial charge in [0.1, 0.15) is 0 Å². The molecule has 5 nitrogen and oxygen atoms in total. The summed E-state index contributed by atoms with van der Waals surface area (Å²) in [6, 6.07) is 9.06. The van der Waals surface area contributed by atoms with Gasteiger partial charge in [-0.1, -0.05) is 40.9 Å². The Kier molecular flexibility index (Phi) is 6.73. The summed E-state index contributed by atoms with van der Waals surface area (Å²) >= 11 is 18.2. The summed E-state index contributed by atoms with van der Waals surface area (Å²) in [6.45, 7) is 4.50. The molecule has 26 heavy (non-hydrogen) atoms. The van der Waals surface area contributed by atoms with Crippen LogP contribution in [0.2, 0.25) is 15.2 Å². The lowest BCUT2D eigenvalue weighted by Crippen LogP contribution is -2.48. The zero-order valence-electron chi connectivity index (χ0n) is 14.1. The van der Waals surface area contributed by atoms with Gasteiger partial charge in [-0.05, 0) is 29.8 Å². The highest BCUT2D eigenvalue weighted by Crippen LogP contribution is 2.23. The number of halogens is 3. The molecule has 0 radical (unpaired) electrons. The molecule has 0 aliphatic carbocycles. The second-order valence-electron chi connectivity index (χ2n) is 6.18. The molecule has 3 rings (SSSR count). The number of pyridine rings is 1. The first-order valence-corrected chi connectivity index (χ1v) is 9.43. The zero-order valence-corrected chi connectivity index (χ0v) is 16.4. The number of nitrogens with zero attached hydrogens (tertiary/aromatic N) is 3. The van der Waals surface area contributed by atoms with E-state index in [9.17, 15) is 4.79 Å². The van der Waals surface area contributed by atoms with Crippen LogP contribution in [0.1, 0.15) is 5.56 Å². The van der Waals surface area contributed by atoms with E-state index in [0.29, 0.717) is 27.4 Å². The molecule has 8 heteroatoms.